The number of alkyl halides is 2. The first-order chi connectivity index (χ1) is 18.7. The van der Waals surface area contributed by atoms with Crippen LogP contribution < -0.4 is 9.47 Å². The molecule has 0 fully saturated rings. The van der Waals surface area contributed by atoms with Gasteiger partial charge in [-0.3, -0.25) is 9.59 Å². The van der Waals surface area contributed by atoms with Gasteiger partial charge in [0.1, 0.15) is 24.1 Å². The summed E-state index contributed by atoms with van der Waals surface area (Å²) in [4.78, 5) is 22.4. The average molecular weight is 644 g/mol. The van der Waals surface area contributed by atoms with E-state index in [0.717, 1.165) is 95.5 Å². The predicted octanol–water partition coefficient (Wildman–Crippen LogP) is 9.31. The summed E-state index contributed by atoms with van der Waals surface area (Å²) in [6.07, 6.45) is 10.6. The number of carbonyl (C=O) groups is 2. The molecule has 0 aliphatic rings. The number of unbranched alkanes of at least 4 members (excludes halogenated alkanes) is 6. The molecular formula is C32H36Br2O4. The second-order valence-corrected chi connectivity index (χ2v) is 10.8. The van der Waals surface area contributed by atoms with E-state index >= 15 is 0 Å². The standard InChI is InChI=1S/C32H36Br2O4/c33-17-5-1-3-7-19-37-31-21-30(28-15-11-26(24-36)12-16-28)32(38-20-8-4-2-6-18-34)22-29(31)27-13-9-25(23-35)10-14-27/h9-16,21-24H,1-8,17-20H2. The minimum atomic E-state index is 0.624. The van der Waals surface area contributed by atoms with E-state index < -0.39 is 0 Å². The van der Waals surface area contributed by atoms with E-state index in [9.17, 15) is 9.59 Å². The Labute approximate surface area is 243 Å². The van der Waals surface area contributed by atoms with Gasteiger partial charge in [0.15, 0.2) is 0 Å². The molecule has 0 aromatic heterocycles. The number of aldehydes is 2. The molecule has 0 unspecified atom stereocenters. The molecule has 4 nitrogen and oxygen atoms in total. The van der Waals surface area contributed by atoms with Gasteiger partial charge in [0.05, 0.1) is 13.2 Å². The molecule has 0 spiro atoms. The van der Waals surface area contributed by atoms with Crippen LogP contribution in [-0.2, 0) is 0 Å². The van der Waals surface area contributed by atoms with Crippen molar-refractivity contribution >= 4 is 44.4 Å². The number of benzene rings is 3. The van der Waals surface area contributed by atoms with Gasteiger partial charge in [0.2, 0.25) is 0 Å². The molecule has 0 saturated heterocycles. The molecule has 6 heteroatoms. The molecule has 0 aliphatic heterocycles. The zero-order valence-corrected chi connectivity index (χ0v) is 25.0. The molecule has 0 aliphatic carbocycles. The number of hydrogen-bond donors (Lipinski definition) is 0. The lowest BCUT2D eigenvalue weighted by Gasteiger charge is -2.19. The van der Waals surface area contributed by atoms with Crippen LogP contribution in [0.15, 0.2) is 60.7 Å². The van der Waals surface area contributed by atoms with E-state index in [0.29, 0.717) is 24.3 Å². The molecule has 0 saturated carbocycles. The largest absolute Gasteiger partial charge is 0.493 e. The van der Waals surface area contributed by atoms with Crippen LogP contribution in [0.4, 0.5) is 0 Å². The van der Waals surface area contributed by atoms with Gasteiger partial charge in [-0.15, -0.1) is 0 Å². The van der Waals surface area contributed by atoms with Crippen LogP contribution in [0, 0.1) is 0 Å². The van der Waals surface area contributed by atoms with Gasteiger partial charge in [-0.2, -0.15) is 0 Å². The van der Waals surface area contributed by atoms with E-state index in [1.54, 1.807) is 0 Å². The van der Waals surface area contributed by atoms with Crippen molar-refractivity contribution < 1.29 is 19.1 Å². The van der Waals surface area contributed by atoms with Gasteiger partial charge in [0.25, 0.3) is 0 Å². The lowest BCUT2D eigenvalue weighted by Crippen LogP contribution is -2.03. The lowest BCUT2D eigenvalue weighted by atomic mass is 9.96. The second-order valence-electron chi connectivity index (χ2n) is 9.23. The van der Waals surface area contributed by atoms with E-state index in [1.807, 2.05) is 48.5 Å². The van der Waals surface area contributed by atoms with E-state index in [2.05, 4.69) is 44.0 Å². The van der Waals surface area contributed by atoms with Crippen molar-refractivity contribution in [3.05, 3.63) is 71.8 Å². The monoisotopic (exact) mass is 642 g/mol. The quantitative estimate of drug-likeness (QED) is 0.0787. The number of rotatable bonds is 18. The fourth-order valence-electron chi connectivity index (χ4n) is 4.20. The first-order valence-corrected chi connectivity index (χ1v) is 15.6. The molecule has 3 rings (SSSR count). The molecule has 0 radical (unpaired) electrons. The molecular weight excluding hydrogens is 608 g/mol. The molecule has 3 aromatic rings. The van der Waals surface area contributed by atoms with Gasteiger partial charge in [-0.25, -0.2) is 0 Å². The van der Waals surface area contributed by atoms with Crippen molar-refractivity contribution in [3.8, 4) is 33.8 Å². The molecule has 0 amide bonds. The minimum Gasteiger partial charge on any atom is -0.493 e. The third-order valence-corrected chi connectivity index (χ3v) is 7.49. The number of hydrogen-bond acceptors (Lipinski definition) is 4. The summed E-state index contributed by atoms with van der Waals surface area (Å²) in [7, 11) is 0. The summed E-state index contributed by atoms with van der Waals surface area (Å²) in [5.74, 6) is 1.56. The minimum absolute atomic E-state index is 0.624. The van der Waals surface area contributed by atoms with Crippen LogP contribution in [0.5, 0.6) is 11.5 Å². The zero-order chi connectivity index (χ0) is 27.0. The van der Waals surface area contributed by atoms with Crippen LogP contribution in [0.1, 0.15) is 72.1 Å². The third kappa shape index (κ3) is 9.39. The average Bonchev–Trinajstić information content (AvgIpc) is 2.97. The van der Waals surface area contributed by atoms with Crippen molar-refractivity contribution in [2.24, 2.45) is 0 Å². The molecule has 0 heterocycles. The van der Waals surface area contributed by atoms with Crippen molar-refractivity contribution in [1.29, 1.82) is 0 Å². The molecule has 3 aromatic carbocycles. The number of ether oxygens (including phenoxy) is 2. The molecule has 38 heavy (non-hydrogen) atoms. The van der Waals surface area contributed by atoms with Crippen molar-refractivity contribution in [2.45, 2.75) is 51.4 Å². The Kier molecular flexibility index (Phi) is 13.6. The lowest BCUT2D eigenvalue weighted by molar-refractivity contribution is 0.111. The Balaban J connectivity index is 1.95. The Morgan fingerprint density at radius 1 is 0.526 bits per heavy atom. The predicted molar refractivity (Wildman–Crippen MR) is 164 cm³/mol. The highest BCUT2D eigenvalue weighted by atomic mass is 79.9. The summed E-state index contributed by atoms with van der Waals surface area (Å²) in [6.45, 7) is 1.25. The van der Waals surface area contributed by atoms with Gasteiger partial charge in [-0.1, -0.05) is 106 Å². The maximum Gasteiger partial charge on any atom is 0.150 e. The highest BCUT2D eigenvalue weighted by molar-refractivity contribution is 9.09. The van der Waals surface area contributed by atoms with Crippen LogP contribution in [0.25, 0.3) is 22.3 Å². The van der Waals surface area contributed by atoms with Crippen LogP contribution in [-0.4, -0.2) is 36.4 Å². The fraction of sp³-hybridized carbons (Fsp3) is 0.375. The molecule has 0 atom stereocenters. The van der Waals surface area contributed by atoms with Crippen molar-refractivity contribution in [1.82, 2.24) is 0 Å². The topological polar surface area (TPSA) is 52.6 Å². The SMILES string of the molecule is O=Cc1ccc(-c2cc(OCCCCCCBr)c(-c3ccc(C=O)cc3)cc2OCCCCCCBr)cc1. The van der Waals surface area contributed by atoms with Gasteiger partial charge in [0, 0.05) is 32.9 Å². The van der Waals surface area contributed by atoms with Crippen molar-refractivity contribution in [2.75, 3.05) is 23.9 Å². The normalized spacial score (nSPS) is 10.8. The highest BCUT2D eigenvalue weighted by Gasteiger charge is 2.16. The summed E-state index contributed by atoms with van der Waals surface area (Å²) in [6, 6.07) is 19.2. The van der Waals surface area contributed by atoms with E-state index in [4.69, 9.17) is 9.47 Å². The Hall–Kier alpha value is -2.44. The summed E-state index contributed by atoms with van der Waals surface area (Å²) in [5, 5.41) is 2.05. The first kappa shape index (κ1) is 30.1. The van der Waals surface area contributed by atoms with Gasteiger partial charge < -0.3 is 9.47 Å². The van der Waals surface area contributed by atoms with E-state index in [-0.39, 0.29) is 0 Å². The molecule has 202 valence electrons. The summed E-state index contributed by atoms with van der Waals surface area (Å²) >= 11 is 6.99. The van der Waals surface area contributed by atoms with Crippen LogP contribution >= 0.6 is 31.9 Å². The fourth-order valence-corrected chi connectivity index (χ4v) is 4.99. The maximum absolute atomic E-state index is 11.2. The third-order valence-electron chi connectivity index (χ3n) is 6.37. The van der Waals surface area contributed by atoms with Crippen LogP contribution in [0.3, 0.4) is 0 Å². The number of halogens is 2. The maximum atomic E-state index is 11.2. The van der Waals surface area contributed by atoms with Gasteiger partial charge in [-0.05, 0) is 48.9 Å². The van der Waals surface area contributed by atoms with Crippen LogP contribution in [0.2, 0.25) is 0 Å². The second kappa shape index (κ2) is 17.2. The molecule has 0 N–H and O–H groups in total. The smallest absolute Gasteiger partial charge is 0.150 e. The Morgan fingerprint density at radius 3 is 1.24 bits per heavy atom. The highest BCUT2D eigenvalue weighted by Crippen LogP contribution is 2.41. The molecule has 0 bridgehead atoms. The van der Waals surface area contributed by atoms with Crippen molar-refractivity contribution in [3.63, 3.8) is 0 Å². The first-order valence-electron chi connectivity index (χ1n) is 13.4. The number of carbonyl (C=O) groups excluding carboxylic acids is 2. The Bertz CT molecular complexity index is 1040. The van der Waals surface area contributed by atoms with E-state index in [1.165, 1.54) is 12.8 Å². The summed E-state index contributed by atoms with van der Waals surface area (Å²) in [5.41, 5.74) is 5.07. The van der Waals surface area contributed by atoms with Gasteiger partial charge >= 0.3 is 0 Å². The summed E-state index contributed by atoms with van der Waals surface area (Å²) < 4.78 is 12.7. The zero-order valence-electron chi connectivity index (χ0n) is 21.8. The Morgan fingerprint density at radius 2 is 0.895 bits per heavy atom.